The maximum absolute atomic E-state index is 6.01. The number of nitrogens with two attached hydrogens (primary N) is 1. The van der Waals surface area contributed by atoms with E-state index in [4.69, 9.17) is 10.2 Å². The molecule has 1 aliphatic rings. The van der Waals surface area contributed by atoms with Crippen LogP contribution in [0.1, 0.15) is 19.6 Å². The second-order valence-electron chi connectivity index (χ2n) is 4.73. The van der Waals surface area contributed by atoms with Gasteiger partial charge in [0.05, 0.1) is 6.26 Å². The molecule has 1 aromatic rings. The lowest BCUT2D eigenvalue weighted by Crippen LogP contribution is -2.34. The van der Waals surface area contributed by atoms with E-state index in [0.29, 0.717) is 18.0 Å². The molecule has 15 heavy (non-hydrogen) atoms. The molecular formula is C12H20N2O. The summed E-state index contributed by atoms with van der Waals surface area (Å²) in [7, 11) is 0. The van der Waals surface area contributed by atoms with Crippen LogP contribution >= 0.6 is 0 Å². The van der Waals surface area contributed by atoms with Crippen LogP contribution in [0.15, 0.2) is 22.8 Å². The summed E-state index contributed by atoms with van der Waals surface area (Å²) < 4.78 is 5.36. The van der Waals surface area contributed by atoms with Crippen molar-refractivity contribution in [1.29, 1.82) is 0 Å². The number of likely N-dealkylation sites (tertiary alicyclic amines) is 1. The van der Waals surface area contributed by atoms with Gasteiger partial charge in [0.2, 0.25) is 0 Å². The van der Waals surface area contributed by atoms with Crippen LogP contribution in [0.5, 0.6) is 0 Å². The molecule has 0 bridgehead atoms. The van der Waals surface area contributed by atoms with Gasteiger partial charge in [0, 0.05) is 31.6 Å². The molecular weight excluding hydrogens is 188 g/mol. The van der Waals surface area contributed by atoms with Crippen molar-refractivity contribution in [2.24, 2.45) is 11.7 Å². The Morgan fingerprint density at radius 3 is 2.93 bits per heavy atom. The Hall–Kier alpha value is -0.800. The van der Waals surface area contributed by atoms with E-state index in [-0.39, 0.29) is 0 Å². The fourth-order valence-electron chi connectivity index (χ4n) is 2.24. The molecule has 0 aromatic carbocycles. The summed E-state index contributed by atoms with van der Waals surface area (Å²) in [4.78, 5) is 2.46. The summed E-state index contributed by atoms with van der Waals surface area (Å²) in [5.74, 6) is 1.68. The number of furan rings is 1. The Morgan fingerprint density at radius 1 is 1.60 bits per heavy atom. The lowest BCUT2D eigenvalue weighted by atomic mass is 10.1. The van der Waals surface area contributed by atoms with E-state index in [1.54, 1.807) is 6.26 Å². The summed E-state index contributed by atoms with van der Waals surface area (Å²) in [6.45, 7) is 6.60. The van der Waals surface area contributed by atoms with Gasteiger partial charge in [-0.25, -0.2) is 0 Å². The monoisotopic (exact) mass is 208 g/mol. The highest BCUT2D eigenvalue weighted by Gasteiger charge is 2.29. The predicted molar refractivity (Wildman–Crippen MR) is 60.6 cm³/mol. The summed E-state index contributed by atoms with van der Waals surface area (Å²) in [6.07, 6.45) is 2.72. The lowest BCUT2D eigenvalue weighted by molar-refractivity contribution is 0.239. The molecule has 0 spiro atoms. The first-order chi connectivity index (χ1) is 7.16. The van der Waals surface area contributed by atoms with Crippen molar-refractivity contribution in [3.8, 4) is 0 Å². The van der Waals surface area contributed by atoms with E-state index in [9.17, 15) is 0 Å². The summed E-state index contributed by atoms with van der Waals surface area (Å²) in [5.41, 5.74) is 6.01. The zero-order valence-electron chi connectivity index (χ0n) is 9.52. The molecule has 0 aliphatic carbocycles. The van der Waals surface area contributed by atoms with Gasteiger partial charge in [0.25, 0.3) is 0 Å². The maximum atomic E-state index is 6.01. The first kappa shape index (κ1) is 10.7. The van der Waals surface area contributed by atoms with Gasteiger partial charge in [-0.2, -0.15) is 0 Å². The lowest BCUT2D eigenvalue weighted by Gasteiger charge is -2.23. The van der Waals surface area contributed by atoms with Gasteiger partial charge in [-0.3, -0.25) is 4.90 Å². The van der Waals surface area contributed by atoms with Gasteiger partial charge >= 0.3 is 0 Å². The molecule has 2 heterocycles. The maximum Gasteiger partial charge on any atom is 0.105 e. The van der Waals surface area contributed by atoms with Gasteiger partial charge < -0.3 is 10.2 Å². The second-order valence-corrected chi connectivity index (χ2v) is 4.73. The second kappa shape index (κ2) is 4.37. The van der Waals surface area contributed by atoms with Gasteiger partial charge in [-0.05, 0) is 25.0 Å². The number of hydrogen-bond acceptors (Lipinski definition) is 3. The minimum absolute atomic E-state index is 0.337. The quantitative estimate of drug-likeness (QED) is 0.818. The molecule has 0 amide bonds. The van der Waals surface area contributed by atoms with Crippen molar-refractivity contribution in [3.05, 3.63) is 24.2 Å². The number of hydrogen-bond donors (Lipinski definition) is 1. The largest absolute Gasteiger partial charge is 0.469 e. The summed E-state index contributed by atoms with van der Waals surface area (Å²) >= 11 is 0. The Bertz CT molecular complexity index is 287. The molecule has 1 aliphatic heterocycles. The van der Waals surface area contributed by atoms with Crippen LogP contribution in [-0.2, 0) is 6.42 Å². The topological polar surface area (TPSA) is 42.4 Å². The van der Waals surface area contributed by atoms with E-state index in [2.05, 4.69) is 18.7 Å². The van der Waals surface area contributed by atoms with Crippen LogP contribution in [0.4, 0.5) is 0 Å². The van der Waals surface area contributed by atoms with Crippen molar-refractivity contribution in [2.75, 3.05) is 13.1 Å². The zero-order valence-corrected chi connectivity index (χ0v) is 9.52. The van der Waals surface area contributed by atoms with Gasteiger partial charge in [0.1, 0.15) is 5.76 Å². The van der Waals surface area contributed by atoms with E-state index < -0.39 is 0 Å². The minimum atomic E-state index is 0.337. The molecule has 3 nitrogen and oxygen atoms in total. The Kier molecular flexibility index (Phi) is 3.12. The molecule has 1 aromatic heterocycles. The predicted octanol–water partition coefficient (Wildman–Crippen LogP) is 1.49. The number of rotatable bonds is 3. The zero-order chi connectivity index (χ0) is 10.8. The number of nitrogens with zero attached hydrogens (tertiary/aromatic N) is 1. The molecule has 3 heteroatoms. The molecule has 84 valence electrons. The van der Waals surface area contributed by atoms with Crippen molar-refractivity contribution in [1.82, 2.24) is 4.90 Å². The molecule has 1 saturated heterocycles. The highest BCUT2D eigenvalue weighted by molar-refractivity contribution is 5.01. The third kappa shape index (κ3) is 2.41. The molecule has 1 fully saturated rings. The third-order valence-electron chi connectivity index (χ3n) is 3.40. The van der Waals surface area contributed by atoms with E-state index in [1.165, 1.54) is 0 Å². The van der Waals surface area contributed by atoms with E-state index >= 15 is 0 Å². The molecule has 0 radical (unpaired) electrons. The normalized spacial score (nSPS) is 29.5. The van der Waals surface area contributed by atoms with Crippen molar-refractivity contribution in [3.63, 3.8) is 0 Å². The standard InChI is InChI=1S/C12H20N2O/c1-9-7-14(8-12(9)13)10(2)6-11-4-3-5-15-11/h3-5,9-10,12H,6-8,13H2,1-2H3. The van der Waals surface area contributed by atoms with E-state index in [0.717, 1.165) is 25.3 Å². The third-order valence-corrected chi connectivity index (χ3v) is 3.40. The Labute approximate surface area is 91.2 Å². The first-order valence-corrected chi connectivity index (χ1v) is 5.69. The highest BCUT2D eigenvalue weighted by atomic mass is 16.3. The van der Waals surface area contributed by atoms with Crippen LogP contribution < -0.4 is 5.73 Å². The van der Waals surface area contributed by atoms with E-state index in [1.807, 2.05) is 12.1 Å². The van der Waals surface area contributed by atoms with Crippen LogP contribution in [0.2, 0.25) is 0 Å². The molecule has 3 unspecified atom stereocenters. The van der Waals surface area contributed by atoms with Crippen molar-refractivity contribution in [2.45, 2.75) is 32.4 Å². The van der Waals surface area contributed by atoms with Gasteiger partial charge in [-0.1, -0.05) is 6.92 Å². The Morgan fingerprint density at radius 2 is 2.40 bits per heavy atom. The van der Waals surface area contributed by atoms with Crippen LogP contribution in [0, 0.1) is 5.92 Å². The molecule has 2 N–H and O–H groups in total. The Balaban J connectivity index is 1.89. The fraction of sp³-hybridized carbons (Fsp3) is 0.667. The summed E-state index contributed by atoms with van der Waals surface area (Å²) in [6, 6.07) is 4.84. The summed E-state index contributed by atoms with van der Waals surface area (Å²) in [5, 5.41) is 0. The average molecular weight is 208 g/mol. The highest BCUT2D eigenvalue weighted by Crippen LogP contribution is 2.19. The van der Waals surface area contributed by atoms with Gasteiger partial charge in [-0.15, -0.1) is 0 Å². The molecule has 3 atom stereocenters. The van der Waals surface area contributed by atoms with Crippen LogP contribution in [0.25, 0.3) is 0 Å². The SMILES string of the molecule is CC1CN(C(C)Cc2ccco2)CC1N. The molecule has 0 saturated carbocycles. The minimum Gasteiger partial charge on any atom is -0.469 e. The van der Waals surface area contributed by atoms with Crippen LogP contribution in [-0.4, -0.2) is 30.1 Å². The smallest absolute Gasteiger partial charge is 0.105 e. The fourth-order valence-corrected chi connectivity index (χ4v) is 2.24. The average Bonchev–Trinajstić information content (AvgIpc) is 2.78. The van der Waals surface area contributed by atoms with Crippen molar-refractivity contribution < 1.29 is 4.42 Å². The molecule has 2 rings (SSSR count). The van der Waals surface area contributed by atoms with Crippen LogP contribution in [0.3, 0.4) is 0 Å². The first-order valence-electron chi connectivity index (χ1n) is 5.69. The van der Waals surface area contributed by atoms with Gasteiger partial charge in [0.15, 0.2) is 0 Å². The van der Waals surface area contributed by atoms with Crippen molar-refractivity contribution >= 4 is 0 Å².